The van der Waals surface area contributed by atoms with Crippen molar-refractivity contribution >= 4 is 5.91 Å². The second-order valence-electron chi connectivity index (χ2n) is 3.58. The van der Waals surface area contributed by atoms with Crippen LogP contribution in [0, 0.1) is 11.3 Å². The largest absolute Gasteiger partial charge is 0.384 e. The van der Waals surface area contributed by atoms with E-state index >= 15 is 0 Å². The summed E-state index contributed by atoms with van der Waals surface area (Å²) in [6.45, 7) is 6.42. The van der Waals surface area contributed by atoms with Crippen LogP contribution in [0.3, 0.4) is 0 Å². The molecule has 1 amide bonds. The second-order valence-corrected chi connectivity index (χ2v) is 3.58. The zero-order valence-corrected chi connectivity index (χ0v) is 8.60. The Bertz CT molecular complexity index is 157. The summed E-state index contributed by atoms with van der Waals surface area (Å²) in [5.74, 6) is 0.316. The van der Waals surface area contributed by atoms with Gasteiger partial charge in [-0.2, -0.15) is 0 Å². The minimum absolute atomic E-state index is 0.0411. The molecule has 0 aromatic carbocycles. The third-order valence-electron chi connectivity index (χ3n) is 2.46. The van der Waals surface area contributed by atoms with Crippen molar-refractivity contribution in [3.63, 3.8) is 0 Å². The average molecular weight is 173 g/mol. The molecule has 12 heavy (non-hydrogen) atoms. The molecule has 0 aromatic heterocycles. The maximum absolute atomic E-state index is 11.5. The molecule has 1 N–H and O–H groups in total. The highest BCUT2D eigenvalue weighted by Crippen LogP contribution is 2.27. The van der Waals surface area contributed by atoms with E-state index in [9.17, 15) is 4.79 Å². The van der Waals surface area contributed by atoms with Gasteiger partial charge in [-0.25, -0.2) is 0 Å². The summed E-state index contributed by atoms with van der Waals surface area (Å²) >= 11 is 0. The molecule has 1 unspecified atom stereocenters. The summed E-state index contributed by atoms with van der Waals surface area (Å²) in [6.07, 6.45) is 0. The topological polar surface area (TPSA) is 38.3 Å². The first-order chi connectivity index (χ1) is 5.49. The highest BCUT2D eigenvalue weighted by atomic mass is 16.5. The van der Waals surface area contributed by atoms with Gasteiger partial charge in [0, 0.05) is 14.2 Å². The van der Waals surface area contributed by atoms with Crippen molar-refractivity contribution in [1.29, 1.82) is 0 Å². The van der Waals surface area contributed by atoms with E-state index in [0.29, 0.717) is 6.61 Å². The van der Waals surface area contributed by atoms with Gasteiger partial charge < -0.3 is 10.1 Å². The summed E-state index contributed by atoms with van der Waals surface area (Å²) in [6, 6.07) is 0. The Morgan fingerprint density at radius 1 is 1.58 bits per heavy atom. The van der Waals surface area contributed by atoms with Crippen LogP contribution in [-0.4, -0.2) is 26.7 Å². The number of ether oxygens (including phenoxy) is 1. The molecule has 0 aliphatic rings. The summed E-state index contributed by atoms with van der Waals surface area (Å²) in [5, 5.41) is 2.65. The average Bonchev–Trinajstić information content (AvgIpc) is 2.03. The van der Waals surface area contributed by atoms with Crippen molar-refractivity contribution in [2.24, 2.45) is 11.3 Å². The van der Waals surface area contributed by atoms with Crippen LogP contribution in [0.4, 0.5) is 0 Å². The van der Waals surface area contributed by atoms with E-state index in [1.54, 1.807) is 14.2 Å². The van der Waals surface area contributed by atoms with Gasteiger partial charge in [0.1, 0.15) is 0 Å². The molecule has 0 saturated carbocycles. The Morgan fingerprint density at radius 2 is 2.08 bits per heavy atom. The molecule has 0 aromatic rings. The maximum Gasteiger partial charge on any atom is 0.228 e. The third-order valence-corrected chi connectivity index (χ3v) is 2.46. The number of carbonyl (C=O) groups excluding carboxylic acids is 1. The van der Waals surface area contributed by atoms with Gasteiger partial charge in [-0.3, -0.25) is 4.79 Å². The normalized spacial score (nSPS) is 15.8. The molecule has 0 heterocycles. The number of rotatable bonds is 4. The molecule has 72 valence electrons. The molecular weight excluding hydrogens is 154 g/mol. The Kier molecular flexibility index (Phi) is 4.24. The number of nitrogens with one attached hydrogen (secondary N) is 1. The van der Waals surface area contributed by atoms with E-state index in [4.69, 9.17) is 4.74 Å². The molecule has 0 radical (unpaired) electrons. The van der Waals surface area contributed by atoms with Crippen molar-refractivity contribution in [2.45, 2.75) is 20.8 Å². The van der Waals surface area contributed by atoms with Crippen LogP contribution in [0.25, 0.3) is 0 Å². The lowest BCUT2D eigenvalue weighted by Crippen LogP contribution is -2.44. The fourth-order valence-corrected chi connectivity index (χ4v) is 1.08. The van der Waals surface area contributed by atoms with Gasteiger partial charge in [-0.05, 0) is 12.8 Å². The van der Waals surface area contributed by atoms with Crippen LogP contribution in [0.2, 0.25) is 0 Å². The second kappa shape index (κ2) is 4.45. The predicted molar refractivity (Wildman–Crippen MR) is 48.9 cm³/mol. The molecule has 3 heteroatoms. The van der Waals surface area contributed by atoms with Crippen LogP contribution in [-0.2, 0) is 9.53 Å². The van der Waals surface area contributed by atoms with Crippen molar-refractivity contribution < 1.29 is 9.53 Å². The van der Waals surface area contributed by atoms with Gasteiger partial charge in [0.05, 0.1) is 12.0 Å². The zero-order chi connectivity index (χ0) is 9.78. The maximum atomic E-state index is 11.5. The molecule has 3 nitrogen and oxygen atoms in total. The van der Waals surface area contributed by atoms with Crippen molar-refractivity contribution in [2.75, 3.05) is 20.8 Å². The Labute approximate surface area is 74.5 Å². The van der Waals surface area contributed by atoms with Gasteiger partial charge in [-0.1, -0.05) is 13.8 Å². The lowest BCUT2D eigenvalue weighted by atomic mass is 9.79. The van der Waals surface area contributed by atoms with Gasteiger partial charge >= 0.3 is 0 Å². The standard InChI is InChI=1S/C9H19NO2/c1-7(2)9(3,6-12-5)8(11)10-4/h7H,6H2,1-5H3,(H,10,11). The van der Waals surface area contributed by atoms with E-state index in [2.05, 4.69) is 5.32 Å². The van der Waals surface area contributed by atoms with Gasteiger partial charge in [0.2, 0.25) is 5.91 Å². The van der Waals surface area contributed by atoms with Crippen molar-refractivity contribution in [3.05, 3.63) is 0 Å². The van der Waals surface area contributed by atoms with Crippen LogP contribution in [0.5, 0.6) is 0 Å². The SMILES string of the molecule is CNC(=O)C(C)(COC)C(C)C. The third kappa shape index (κ3) is 2.21. The lowest BCUT2D eigenvalue weighted by Gasteiger charge is -2.30. The van der Waals surface area contributed by atoms with Gasteiger partial charge in [0.25, 0.3) is 0 Å². The molecule has 0 aliphatic carbocycles. The molecule has 1 atom stereocenters. The Balaban J connectivity index is 4.49. The Morgan fingerprint density at radius 3 is 2.33 bits per heavy atom. The van der Waals surface area contributed by atoms with Gasteiger partial charge in [0.15, 0.2) is 0 Å². The van der Waals surface area contributed by atoms with E-state index in [1.165, 1.54) is 0 Å². The highest BCUT2D eigenvalue weighted by Gasteiger charge is 2.35. The lowest BCUT2D eigenvalue weighted by molar-refractivity contribution is -0.135. The van der Waals surface area contributed by atoms with Crippen molar-refractivity contribution in [3.8, 4) is 0 Å². The Hall–Kier alpha value is -0.570. The monoisotopic (exact) mass is 173 g/mol. The number of methoxy groups -OCH3 is 1. The zero-order valence-electron chi connectivity index (χ0n) is 8.60. The number of amides is 1. The number of hydrogen-bond acceptors (Lipinski definition) is 2. The summed E-state index contributed by atoms with van der Waals surface area (Å²) in [7, 11) is 3.27. The molecule has 0 saturated heterocycles. The first kappa shape index (κ1) is 11.4. The number of carbonyl (C=O) groups is 1. The fraction of sp³-hybridized carbons (Fsp3) is 0.889. The summed E-state index contributed by atoms with van der Waals surface area (Å²) in [4.78, 5) is 11.5. The van der Waals surface area contributed by atoms with Crippen molar-refractivity contribution in [1.82, 2.24) is 5.32 Å². The first-order valence-electron chi connectivity index (χ1n) is 4.20. The minimum Gasteiger partial charge on any atom is -0.384 e. The first-order valence-corrected chi connectivity index (χ1v) is 4.20. The molecule has 0 spiro atoms. The molecule has 0 fully saturated rings. The van der Waals surface area contributed by atoms with E-state index < -0.39 is 5.41 Å². The molecule has 0 bridgehead atoms. The van der Waals surface area contributed by atoms with Crippen LogP contribution < -0.4 is 5.32 Å². The highest BCUT2D eigenvalue weighted by molar-refractivity contribution is 5.82. The van der Waals surface area contributed by atoms with Crippen LogP contribution in [0.15, 0.2) is 0 Å². The van der Waals surface area contributed by atoms with E-state index in [1.807, 2.05) is 20.8 Å². The summed E-state index contributed by atoms with van der Waals surface area (Å²) < 4.78 is 5.03. The smallest absolute Gasteiger partial charge is 0.228 e. The predicted octanol–water partition coefficient (Wildman–Crippen LogP) is 1.04. The van der Waals surface area contributed by atoms with Crippen LogP contribution >= 0.6 is 0 Å². The molecular formula is C9H19NO2. The minimum atomic E-state index is -0.413. The van der Waals surface area contributed by atoms with E-state index in [0.717, 1.165) is 0 Å². The van der Waals surface area contributed by atoms with Crippen LogP contribution in [0.1, 0.15) is 20.8 Å². The fourth-order valence-electron chi connectivity index (χ4n) is 1.08. The van der Waals surface area contributed by atoms with E-state index in [-0.39, 0.29) is 11.8 Å². The quantitative estimate of drug-likeness (QED) is 0.690. The molecule has 0 rings (SSSR count). The van der Waals surface area contributed by atoms with Gasteiger partial charge in [-0.15, -0.1) is 0 Å². The summed E-state index contributed by atoms with van der Waals surface area (Å²) in [5.41, 5.74) is -0.413. The molecule has 0 aliphatic heterocycles. The number of hydrogen-bond donors (Lipinski definition) is 1.